The average Bonchev–Trinajstić information content (AvgIpc) is 2.53. The molecule has 110 valence electrons. The third-order valence-corrected chi connectivity index (χ3v) is 2.85. The number of oxime groups is 1. The molecule has 0 atom stereocenters. The molecule has 0 aliphatic carbocycles. The molecule has 1 heterocycles. The van der Waals surface area contributed by atoms with Crippen LogP contribution in [0, 0.1) is 5.82 Å². The first-order valence-corrected chi connectivity index (χ1v) is 6.25. The highest BCUT2D eigenvalue weighted by Gasteiger charge is 2.10. The third kappa shape index (κ3) is 3.68. The second-order valence-corrected chi connectivity index (χ2v) is 4.29. The molecule has 0 amide bonds. The van der Waals surface area contributed by atoms with Crippen LogP contribution in [-0.2, 0) is 6.61 Å². The molecule has 0 aliphatic rings. The van der Waals surface area contributed by atoms with E-state index < -0.39 is 5.82 Å². The molecule has 1 N–H and O–H groups in total. The molecule has 0 saturated carbocycles. The van der Waals surface area contributed by atoms with Gasteiger partial charge in [0.2, 0.25) is 5.88 Å². The number of rotatable bonds is 5. The minimum absolute atomic E-state index is 0.189. The van der Waals surface area contributed by atoms with Crippen LogP contribution in [0.3, 0.4) is 0 Å². The van der Waals surface area contributed by atoms with Crippen molar-refractivity contribution < 1.29 is 19.1 Å². The van der Waals surface area contributed by atoms with E-state index >= 15 is 0 Å². The van der Waals surface area contributed by atoms with Crippen LogP contribution in [0.4, 0.5) is 4.39 Å². The van der Waals surface area contributed by atoms with Gasteiger partial charge >= 0.3 is 0 Å². The Balaban J connectivity index is 2.19. The Bertz CT molecular complexity index is 659. The number of pyridine rings is 1. The van der Waals surface area contributed by atoms with Gasteiger partial charge in [0.1, 0.15) is 18.2 Å². The van der Waals surface area contributed by atoms with Gasteiger partial charge in [-0.15, -0.1) is 0 Å². The van der Waals surface area contributed by atoms with Crippen LogP contribution in [0.5, 0.6) is 11.6 Å². The Morgan fingerprint density at radius 1 is 1.33 bits per heavy atom. The molecule has 0 saturated heterocycles. The summed E-state index contributed by atoms with van der Waals surface area (Å²) in [5, 5.41) is 11.9. The molecule has 0 bridgehead atoms. The van der Waals surface area contributed by atoms with Crippen LogP contribution in [0.15, 0.2) is 41.6 Å². The quantitative estimate of drug-likeness (QED) is 0.522. The maximum Gasteiger partial charge on any atom is 0.213 e. The Kier molecular flexibility index (Phi) is 4.71. The molecule has 0 unspecified atom stereocenters. The Morgan fingerprint density at radius 2 is 2.14 bits per heavy atom. The average molecular weight is 290 g/mol. The Morgan fingerprint density at radius 3 is 2.86 bits per heavy atom. The van der Waals surface area contributed by atoms with E-state index in [0.29, 0.717) is 22.9 Å². The second kappa shape index (κ2) is 6.69. The van der Waals surface area contributed by atoms with E-state index in [9.17, 15) is 4.39 Å². The van der Waals surface area contributed by atoms with Gasteiger partial charge in [0.15, 0.2) is 0 Å². The highest BCUT2D eigenvalue weighted by Crippen LogP contribution is 2.22. The van der Waals surface area contributed by atoms with Crippen LogP contribution in [0.1, 0.15) is 18.2 Å². The van der Waals surface area contributed by atoms with Crippen molar-refractivity contribution in [1.82, 2.24) is 4.98 Å². The van der Waals surface area contributed by atoms with E-state index in [1.54, 1.807) is 25.1 Å². The summed E-state index contributed by atoms with van der Waals surface area (Å²) in [6.45, 7) is 1.75. The highest BCUT2D eigenvalue weighted by molar-refractivity contribution is 6.00. The van der Waals surface area contributed by atoms with Gasteiger partial charge in [0.25, 0.3) is 0 Å². The summed E-state index contributed by atoms with van der Waals surface area (Å²) in [5.74, 6) is 0.472. The fourth-order valence-electron chi connectivity index (χ4n) is 1.77. The zero-order chi connectivity index (χ0) is 15.2. The molecular formula is C15H15FN2O3. The zero-order valence-corrected chi connectivity index (χ0v) is 11.7. The lowest BCUT2D eigenvalue weighted by molar-refractivity contribution is 0.295. The fourth-order valence-corrected chi connectivity index (χ4v) is 1.77. The third-order valence-electron chi connectivity index (χ3n) is 2.85. The number of aromatic nitrogens is 1. The SMILES string of the molecule is COc1cccc(COc2ccc(F)cc2/C(C)=N/O)n1. The zero-order valence-electron chi connectivity index (χ0n) is 11.7. The van der Waals surface area contributed by atoms with Crippen molar-refractivity contribution in [3.8, 4) is 11.6 Å². The number of nitrogens with zero attached hydrogens (tertiary/aromatic N) is 2. The summed E-state index contributed by atoms with van der Waals surface area (Å²) in [6, 6.07) is 9.34. The van der Waals surface area contributed by atoms with Crippen LogP contribution >= 0.6 is 0 Å². The molecule has 5 nitrogen and oxygen atoms in total. The van der Waals surface area contributed by atoms with Gasteiger partial charge in [-0.3, -0.25) is 0 Å². The summed E-state index contributed by atoms with van der Waals surface area (Å²) in [7, 11) is 1.53. The molecule has 21 heavy (non-hydrogen) atoms. The Hall–Kier alpha value is -2.63. The first-order valence-electron chi connectivity index (χ1n) is 6.25. The van der Waals surface area contributed by atoms with Crippen molar-refractivity contribution >= 4 is 5.71 Å². The van der Waals surface area contributed by atoms with Crippen molar-refractivity contribution in [3.63, 3.8) is 0 Å². The molecule has 1 aromatic heterocycles. The summed E-state index contributed by atoms with van der Waals surface area (Å²) in [5.41, 5.74) is 1.33. The molecule has 0 radical (unpaired) electrons. The predicted octanol–water partition coefficient (Wildman–Crippen LogP) is 3.01. The van der Waals surface area contributed by atoms with Gasteiger partial charge in [0, 0.05) is 11.6 Å². The summed E-state index contributed by atoms with van der Waals surface area (Å²) in [4.78, 5) is 4.22. The van der Waals surface area contributed by atoms with Gasteiger partial charge in [-0.25, -0.2) is 9.37 Å². The van der Waals surface area contributed by atoms with Crippen LogP contribution in [0.25, 0.3) is 0 Å². The predicted molar refractivity (Wildman–Crippen MR) is 75.5 cm³/mol. The van der Waals surface area contributed by atoms with Crippen molar-refractivity contribution in [2.24, 2.45) is 5.16 Å². The normalized spacial score (nSPS) is 11.3. The number of hydrogen-bond donors (Lipinski definition) is 1. The lowest BCUT2D eigenvalue weighted by Crippen LogP contribution is -2.04. The molecule has 1 aromatic carbocycles. The topological polar surface area (TPSA) is 63.9 Å². The first kappa shape index (κ1) is 14.8. The maximum atomic E-state index is 13.3. The molecule has 0 spiro atoms. The van der Waals surface area contributed by atoms with E-state index in [-0.39, 0.29) is 12.3 Å². The monoisotopic (exact) mass is 290 g/mol. The smallest absolute Gasteiger partial charge is 0.213 e. The van der Waals surface area contributed by atoms with E-state index in [1.807, 2.05) is 0 Å². The molecule has 2 rings (SSSR count). The van der Waals surface area contributed by atoms with Crippen molar-refractivity contribution in [2.45, 2.75) is 13.5 Å². The second-order valence-electron chi connectivity index (χ2n) is 4.29. The molecule has 6 heteroatoms. The van der Waals surface area contributed by atoms with E-state index in [1.165, 1.54) is 25.3 Å². The van der Waals surface area contributed by atoms with Gasteiger partial charge in [0.05, 0.1) is 18.5 Å². The summed E-state index contributed by atoms with van der Waals surface area (Å²) in [6.07, 6.45) is 0. The van der Waals surface area contributed by atoms with Crippen LogP contribution in [0.2, 0.25) is 0 Å². The number of hydrogen-bond acceptors (Lipinski definition) is 5. The molecule has 2 aromatic rings. The van der Waals surface area contributed by atoms with E-state index in [2.05, 4.69) is 10.1 Å². The lowest BCUT2D eigenvalue weighted by atomic mass is 10.1. The van der Waals surface area contributed by atoms with Gasteiger partial charge in [-0.05, 0) is 31.2 Å². The summed E-state index contributed by atoms with van der Waals surface area (Å²) >= 11 is 0. The van der Waals surface area contributed by atoms with Crippen LogP contribution < -0.4 is 9.47 Å². The van der Waals surface area contributed by atoms with Gasteiger partial charge < -0.3 is 14.7 Å². The van der Waals surface area contributed by atoms with Crippen molar-refractivity contribution in [3.05, 3.63) is 53.5 Å². The molecule has 0 aliphatic heterocycles. The van der Waals surface area contributed by atoms with Crippen molar-refractivity contribution in [2.75, 3.05) is 7.11 Å². The minimum Gasteiger partial charge on any atom is -0.487 e. The number of ether oxygens (including phenoxy) is 2. The van der Waals surface area contributed by atoms with Crippen molar-refractivity contribution in [1.29, 1.82) is 0 Å². The number of halogens is 1. The summed E-state index contributed by atoms with van der Waals surface area (Å²) < 4.78 is 23.9. The molecular weight excluding hydrogens is 275 g/mol. The maximum absolute atomic E-state index is 13.3. The van der Waals surface area contributed by atoms with Gasteiger partial charge in [-0.2, -0.15) is 0 Å². The van der Waals surface area contributed by atoms with Crippen LogP contribution in [-0.4, -0.2) is 23.0 Å². The standard InChI is InChI=1S/C15H15FN2O3/c1-10(18-19)13-8-11(16)6-7-14(13)21-9-12-4-3-5-15(17-12)20-2/h3-8,19H,9H2,1-2H3/b18-10+. The van der Waals surface area contributed by atoms with Gasteiger partial charge in [-0.1, -0.05) is 11.2 Å². The fraction of sp³-hybridized carbons (Fsp3) is 0.200. The van der Waals surface area contributed by atoms with E-state index in [0.717, 1.165) is 0 Å². The Labute approximate surface area is 121 Å². The largest absolute Gasteiger partial charge is 0.487 e. The minimum atomic E-state index is -0.431. The van der Waals surface area contributed by atoms with E-state index in [4.69, 9.17) is 14.7 Å². The molecule has 0 fully saturated rings. The number of methoxy groups -OCH3 is 1. The number of benzene rings is 1. The highest BCUT2D eigenvalue weighted by atomic mass is 19.1. The lowest BCUT2D eigenvalue weighted by Gasteiger charge is -2.11. The first-order chi connectivity index (χ1) is 10.1.